The van der Waals surface area contributed by atoms with Gasteiger partial charge in [0.15, 0.2) is 0 Å². The Kier molecular flexibility index (Phi) is 2.88. The lowest BCUT2D eigenvalue weighted by Gasteiger charge is -2.29. The lowest BCUT2D eigenvalue weighted by Crippen LogP contribution is -2.46. The smallest absolute Gasteiger partial charge is 0.222 e. The second-order valence-corrected chi connectivity index (χ2v) is 3.07. The summed E-state index contributed by atoms with van der Waals surface area (Å²) in [7, 11) is 1.87. The summed E-state index contributed by atoms with van der Waals surface area (Å²) < 4.78 is 0. The molecule has 1 heterocycles. The van der Waals surface area contributed by atoms with Crippen molar-refractivity contribution in [2.45, 2.75) is 25.8 Å². The molecule has 1 aliphatic heterocycles. The molecular weight excluding hydrogens is 140 g/mol. The molecule has 0 aromatic carbocycles. The first kappa shape index (κ1) is 8.53. The van der Waals surface area contributed by atoms with Crippen molar-refractivity contribution in [2.24, 2.45) is 0 Å². The number of carbonyl (C=O) groups excluding carboxylic acids is 1. The predicted octanol–water partition coefficient (Wildman–Crippen LogP) is 0.217. The summed E-state index contributed by atoms with van der Waals surface area (Å²) in [5.74, 6) is 0.277. The highest BCUT2D eigenvalue weighted by Gasteiger charge is 2.21. The van der Waals surface area contributed by atoms with Gasteiger partial charge >= 0.3 is 0 Å². The number of hydrogen-bond donors (Lipinski definition) is 1. The number of likely N-dealkylation sites (N-methyl/N-ethyl adjacent to an activating group) is 2. The molecule has 1 aliphatic rings. The third-order valence-electron chi connectivity index (χ3n) is 2.12. The molecule has 3 heteroatoms. The average molecular weight is 156 g/mol. The van der Waals surface area contributed by atoms with E-state index in [0.717, 1.165) is 19.5 Å². The van der Waals surface area contributed by atoms with Crippen molar-refractivity contribution in [3.05, 3.63) is 0 Å². The molecule has 0 unspecified atom stereocenters. The topological polar surface area (TPSA) is 32.3 Å². The zero-order valence-corrected chi connectivity index (χ0v) is 7.26. The lowest BCUT2D eigenvalue weighted by atomic mass is 10.1. The van der Waals surface area contributed by atoms with E-state index < -0.39 is 0 Å². The van der Waals surface area contributed by atoms with Crippen molar-refractivity contribution in [3.63, 3.8) is 0 Å². The number of rotatable bonds is 2. The van der Waals surface area contributed by atoms with Crippen LogP contribution in [0.15, 0.2) is 0 Å². The molecule has 0 saturated carbocycles. The molecule has 0 aromatic rings. The van der Waals surface area contributed by atoms with Crippen LogP contribution in [0.1, 0.15) is 19.8 Å². The minimum atomic E-state index is 0.277. The fourth-order valence-electron chi connectivity index (χ4n) is 1.47. The van der Waals surface area contributed by atoms with Gasteiger partial charge < -0.3 is 10.2 Å². The van der Waals surface area contributed by atoms with Gasteiger partial charge in [0.1, 0.15) is 0 Å². The van der Waals surface area contributed by atoms with Crippen molar-refractivity contribution in [2.75, 3.05) is 20.1 Å². The van der Waals surface area contributed by atoms with Crippen LogP contribution < -0.4 is 5.32 Å². The van der Waals surface area contributed by atoms with E-state index in [4.69, 9.17) is 0 Å². The first-order valence-electron chi connectivity index (χ1n) is 4.21. The molecule has 0 aliphatic carbocycles. The predicted molar refractivity (Wildman–Crippen MR) is 44.3 cm³/mol. The molecule has 64 valence electrons. The van der Waals surface area contributed by atoms with Gasteiger partial charge in [-0.25, -0.2) is 0 Å². The van der Waals surface area contributed by atoms with Gasteiger partial charge in [0.2, 0.25) is 5.91 Å². The molecule has 0 spiro atoms. The lowest BCUT2D eigenvalue weighted by molar-refractivity contribution is -0.132. The van der Waals surface area contributed by atoms with E-state index in [0.29, 0.717) is 12.5 Å². The normalized spacial score (nSPS) is 25.8. The Hall–Kier alpha value is -0.570. The van der Waals surface area contributed by atoms with E-state index in [9.17, 15) is 4.79 Å². The number of likely N-dealkylation sites (tertiary alicyclic amines) is 1. The van der Waals surface area contributed by atoms with Crippen molar-refractivity contribution in [1.29, 1.82) is 0 Å². The largest absolute Gasteiger partial charge is 0.344 e. The second-order valence-electron chi connectivity index (χ2n) is 3.07. The Bertz CT molecular complexity index is 147. The average Bonchev–Trinajstić information content (AvgIpc) is 1.98. The van der Waals surface area contributed by atoms with Crippen molar-refractivity contribution in [1.82, 2.24) is 10.2 Å². The van der Waals surface area contributed by atoms with Crippen LogP contribution in [0.3, 0.4) is 0 Å². The Balaban J connectivity index is 2.33. The van der Waals surface area contributed by atoms with E-state index in [1.54, 1.807) is 4.90 Å². The summed E-state index contributed by atoms with van der Waals surface area (Å²) in [6.07, 6.45) is 1.70. The van der Waals surface area contributed by atoms with E-state index in [-0.39, 0.29) is 5.91 Å². The first-order chi connectivity index (χ1) is 5.24. The van der Waals surface area contributed by atoms with Crippen LogP contribution in [0.5, 0.6) is 0 Å². The fraction of sp³-hybridized carbons (Fsp3) is 0.875. The minimum absolute atomic E-state index is 0.277. The minimum Gasteiger partial charge on any atom is -0.344 e. The Morgan fingerprint density at radius 1 is 1.73 bits per heavy atom. The van der Waals surface area contributed by atoms with Gasteiger partial charge in [-0.1, -0.05) is 6.92 Å². The molecule has 1 amide bonds. The summed E-state index contributed by atoms with van der Waals surface area (Å²) in [6, 6.07) is 0.516. The van der Waals surface area contributed by atoms with Gasteiger partial charge in [-0.15, -0.1) is 0 Å². The van der Waals surface area contributed by atoms with E-state index >= 15 is 0 Å². The molecular formula is C8H16N2O. The summed E-state index contributed by atoms with van der Waals surface area (Å²) in [4.78, 5) is 12.8. The molecule has 3 nitrogen and oxygen atoms in total. The summed E-state index contributed by atoms with van der Waals surface area (Å²) in [5, 5.41) is 3.34. The van der Waals surface area contributed by atoms with Gasteiger partial charge in [0, 0.05) is 26.1 Å². The van der Waals surface area contributed by atoms with Crippen LogP contribution >= 0.6 is 0 Å². The molecule has 1 N–H and O–H groups in total. The fourth-order valence-corrected chi connectivity index (χ4v) is 1.47. The number of piperidine rings is 1. The Morgan fingerprint density at radius 2 is 2.45 bits per heavy atom. The molecule has 1 fully saturated rings. The maximum Gasteiger partial charge on any atom is 0.222 e. The van der Waals surface area contributed by atoms with Gasteiger partial charge in [0.25, 0.3) is 0 Å². The molecule has 1 rings (SSSR count). The Labute approximate surface area is 67.8 Å². The molecule has 0 radical (unpaired) electrons. The van der Waals surface area contributed by atoms with Gasteiger partial charge in [0.05, 0.1) is 0 Å². The molecule has 0 aromatic heterocycles. The zero-order valence-electron chi connectivity index (χ0n) is 7.26. The van der Waals surface area contributed by atoms with Crippen LogP contribution in [0.2, 0.25) is 0 Å². The molecule has 1 saturated heterocycles. The maximum absolute atomic E-state index is 11.0. The zero-order chi connectivity index (χ0) is 8.27. The number of carbonyl (C=O) groups is 1. The summed E-state index contributed by atoms with van der Waals surface area (Å²) in [6.45, 7) is 3.95. The van der Waals surface area contributed by atoms with Crippen molar-refractivity contribution in [3.8, 4) is 0 Å². The SMILES string of the molecule is CCN[C@H]1CCC(=O)N(C)C1. The quantitative estimate of drug-likeness (QED) is 0.620. The van der Waals surface area contributed by atoms with Crippen LogP contribution in [-0.2, 0) is 4.79 Å². The molecule has 0 bridgehead atoms. The molecule has 1 atom stereocenters. The van der Waals surface area contributed by atoms with Crippen LogP contribution in [-0.4, -0.2) is 37.0 Å². The number of nitrogens with one attached hydrogen (secondary N) is 1. The van der Waals surface area contributed by atoms with Crippen LogP contribution in [0.25, 0.3) is 0 Å². The number of amides is 1. The van der Waals surface area contributed by atoms with Gasteiger partial charge in [-0.05, 0) is 13.0 Å². The number of hydrogen-bond acceptors (Lipinski definition) is 2. The first-order valence-corrected chi connectivity index (χ1v) is 4.21. The highest BCUT2D eigenvalue weighted by Crippen LogP contribution is 2.08. The van der Waals surface area contributed by atoms with Gasteiger partial charge in [-0.2, -0.15) is 0 Å². The van der Waals surface area contributed by atoms with Crippen LogP contribution in [0, 0.1) is 0 Å². The highest BCUT2D eigenvalue weighted by molar-refractivity contribution is 5.76. The van der Waals surface area contributed by atoms with Crippen LogP contribution in [0.4, 0.5) is 0 Å². The van der Waals surface area contributed by atoms with Crippen molar-refractivity contribution < 1.29 is 4.79 Å². The third-order valence-corrected chi connectivity index (χ3v) is 2.12. The monoisotopic (exact) mass is 156 g/mol. The van der Waals surface area contributed by atoms with Crippen molar-refractivity contribution >= 4 is 5.91 Å². The second kappa shape index (κ2) is 3.72. The van der Waals surface area contributed by atoms with E-state index in [1.165, 1.54) is 0 Å². The third kappa shape index (κ3) is 2.19. The summed E-state index contributed by atoms with van der Waals surface area (Å²) >= 11 is 0. The van der Waals surface area contributed by atoms with E-state index in [2.05, 4.69) is 12.2 Å². The highest BCUT2D eigenvalue weighted by atomic mass is 16.2. The van der Waals surface area contributed by atoms with Gasteiger partial charge in [-0.3, -0.25) is 4.79 Å². The maximum atomic E-state index is 11.0. The standard InChI is InChI=1S/C8H16N2O/c1-3-9-7-4-5-8(11)10(2)6-7/h7,9H,3-6H2,1-2H3/t7-/m0/s1. The Morgan fingerprint density at radius 3 is 3.00 bits per heavy atom. The number of nitrogens with zero attached hydrogens (tertiary/aromatic N) is 1. The summed E-state index contributed by atoms with van der Waals surface area (Å²) in [5.41, 5.74) is 0. The van der Waals surface area contributed by atoms with E-state index in [1.807, 2.05) is 7.05 Å². The molecule has 11 heavy (non-hydrogen) atoms.